The second-order valence-electron chi connectivity index (χ2n) is 7.63. The third-order valence-corrected chi connectivity index (χ3v) is 7.22. The summed E-state index contributed by atoms with van der Waals surface area (Å²) < 4.78 is 0. The van der Waals surface area contributed by atoms with E-state index in [9.17, 15) is 10.2 Å². The van der Waals surface area contributed by atoms with Gasteiger partial charge < -0.3 is 10.2 Å². The highest BCUT2D eigenvalue weighted by atomic mass is 16.3. The van der Waals surface area contributed by atoms with Crippen molar-refractivity contribution in [2.75, 3.05) is 13.1 Å². The number of hydrogen-bond donors (Lipinski definition) is 2. The fraction of sp³-hybridized carbons (Fsp3) is 1.00. The van der Waals surface area contributed by atoms with E-state index in [0.717, 1.165) is 19.3 Å². The van der Waals surface area contributed by atoms with Crippen molar-refractivity contribution >= 4 is 0 Å². The molecule has 2 heterocycles. The van der Waals surface area contributed by atoms with Crippen molar-refractivity contribution in [2.45, 2.75) is 69.6 Å². The van der Waals surface area contributed by atoms with E-state index in [4.69, 9.17) is 0 Å². The van der Waals surface area contributed by atoms with Crippen LogP contribution in [0.1, 0.15) is 51.9 Å². The van der Waals surface area contributed by atoms with E-state index in [1.54, 1.807) is 0 Å². The molecule has 2 spiro atoms. The predicted molar refractivity (Wildman–Crippen MR) is 73.7 cm³/mol. The van der Waals surface area contributed by atoms with Gasteiger partial charge in [0.1, 0.15) is 0 Å². The molecule has 0 amide bonds. The van der Waals surface area contributed by atoms with Crippen LogP contribution in [0.3, 0.4) is 0 Å². The van der Waals surface area contributed by atoms with Crippen molar-refractivity contribution in [1.82, 2.24) is 4.90 Å². The van der Waals surface area contributed by atoms with Crippen molar-refractivity contribution in [2.24, 2.45) is 17.3 Å². The van der Waals surface area contributed by atoms with E-state index < -0.39 is 0 Å². The Bertz CT molecular complexity index is 387. The molecule has 108 valence electrons. The van der Waals surface area contributed by atoms with E-state index in [2.05, 4.69) is 11.8 Å². The minimum Gasteiger partial charge on any atom is -0.393 e. The molecule has 2 aliphatic carbocycles. The number of aliphatic hydroxyl groups excluding tert-OH is 2. The van der Waals surface area contributed by atoms with Crippen LogP contribution in [0, 0.1) is 17.3 Å². The zero-order valence-electron chi connectivity index (χ0n) is 12.0. The summed E-state index contributed by atoms with van der Waals surface area (Å²) in [7, 11) is 0. The maximum atomic E-state index is 11.0. The average Bonchev–Trinajstić information content (AvgIpc) is 2.95. The van der Waals surface area contributed by atoms with Gasteiger partial charge in [0.15, 0.2) is 0 Å². The van der Waals surface area contributed by atoms with Crippen molar-refractivity contribution < 1.29 is 10.2 Å². The van der Waals surface area contributed by atoms with Gasteiger partial charge in [0.25, 0.3) is 0 Å². The number of aliphatic hydroxyl groups is 2. The Morgan fingerprint density at radius 1 is 1.05 bits per heavy atom. The molecule has 2 aliphatic heterocycles. The van der Waals surface area contributed by atoms with Crippen LogP contribution in [0.2, 0.25) is 0 Å². The number of nitrogens with zero attached hydrogens (tertiary/aromatic N) is 1. The van der Waals surface area contributed by atoms with Crippen molar-refractivity contribution in [3.63, 3.8) is 0 Å². The van der Waals surface area contributed by atoms with E-state index in [0.29, 0.717) is 5.92 Å². The SMILES string of the molecule is CC1CC(O)C23CCCN4CCCC42CCC3C1O. The number of hydrogen-bond acceptors (Lipinski definition) is 3. The monoisotopic (exact) mass is 265 g/mol. The van der Waals surface area contributed by atoms with Crippen molar-refractivity contribution in [3.8, 4) is 0 Å². The summed E-state index contributed by atoms with van der Waals surface area (Å²) in [5.41, 5.74) is 0.240. The number of rotatable bonds is 0. The van der Waals surface area contributed by atoms with Gasteiger partial charge in [0, 0.05) is 11.0 Å². The maximum absolute atomic E-state index is 11.0. The fourth-order valence-corrected chi connectivity index (χ4v) is 6.58. The van der Waals surface area contributed by atoms with E-state index in [1.807, 2.05) is 0 Å². The lowest BCUT2D eigenvalue weighted by Crippen LogP contribution is -2.67. The minimum atomic E-state index is -0.195. The molecular formula is C16H27NO2. The summed E-state index contributed by atoms with van der Waals surface area (Å²) >= 11 is 0. The van der Waals surface area contributed by atoms with Crippen LogP contribution in [-0.4, -0.2) is 45.9 Å². The van der Waals surface area contributed by atoms with Crippen LogP contribution >= 0.6 is 0 Å². The molecule has 4 aliphatic rings. The van der Waals surface area contributed by atoms with Gasteiger partial charge in [-0.15, -0.1) is 0 Å². The average molecular weight is 265 g/mol. The Kier molecular flexibility index (Phi) is 2.63. The Morgan fingerprint density at radius 3 is 2.58 bits per heavy atom. The second-order valence-corrected chi connectivity index (χ2v) is 7.63. The summed E-state index contributed by atoms with van der Waals surface area (Å²) in [6.45, 7) is 4.54. The lowest BCUT2D eigenvalue weighted by molar-refractivity contribution is -0.184. The van der Waals surface area contributed by atoms with Gasteiger partial charge in [-0.25, -0.2) is 0 Å². The Hall–Kier alpha value is -0.120. The molecule has 0 radical (unpaired) electrons. The van der Waals surface area contributed by atoms with Crippen molar-refractivity contribution in [3.05, 3.63) is 0 Å². The van der Waals surface area contributed by atoms with Crippen LogP contribution in [-0.2, 0) is 0 Å². The van der Waals surface area contributed by atoms with Gasteiger partial charge in [-0.2, -0.15) is 0 Å². The Morgan fingerprint density at radius 2 is 1.79 bits per heavy atom. The van der Waals surface area contributed by atoms with Gasteiger partial charge >= 0.3 is 0 Å². The molecule has 6 atom stereocenters. The molecule has 0 aromatic heterocycles. The first-order chi connectivity index (χ1) is 9.12. The Labute approximate surface area is 116 Å². The largest absolute Gasteiger partial charge is 0.393 e. The summed E-state index contributed by atoms with van der Waals surface area (Å²) in [5, 5.41) is 21.6. The standard InChI is InChI=1S/C16H27NO2/c1-11-10-13(18)16-6-3-9-17-8-2-5-15(16,17)7-4-12(16)14(11)19/h11-14,18-19H,2-10H2,1H3. The summed E-state index contributed by atoms with van der Waals surface area (Å²) in [6, 6.07) is 0. The van der Waals surface area contributed by atoms with Gasteiger partial charge in [-0.05, 0) is 69.9 Å². The topological polar surface area (TPSA) is 43.7 Å². The van der Waals surface area contributed by atoms with Gasteiger partial charge in [-0.1, -0.05) is 6.92 Å². The quantitative estimate of drug-likeness (QED) is 0.701. The first-order valence-corrected chi connectivity index (χ1v) is 8.23. The highest BCUT2D eigenvalue weighted by Crippen LogP contribution is 2.67. The van der Waals surface area contributed by atoms with Crippen molar-refractivity contribution in [1.29, 1.82) is 0 Å². The third kappa shape index (κ3) is 1.30. The Balaban J connectivity index is 1.82. The first kappa shape index (κ1) is 12.6. The molecule has 2 saturated heterocycles. The normalized spacial score (nSPS) is 57.6. The molecule has 0 aromatic rings. The highest BCUT2D eigenvalue weighted by molar-refractivity contribution is 5.22. The van der Waals surface area contributed by atoms with Gasteiger partial charge in [0.2, 0.25) is 0 Å². The zero-order chi connectivity index (χ0) is 13.3. The summed E-state index contributed by atoms with van der Waals surface area (Å²) in [4.78, 5) is 2.68. The van der Waals surface area contributed by atoms with E-state index in [-0.39, 0.29) is 29.1 Å². The first-order valence-electron chi connectivity index (χ1n) is 8.23. The van der Waals surface area contributed by atoms with Gasteiger partial charge in [-0.3, -0.25) is 4.90 Å². The fourth-order valence-electron chi connectivity index (χ4n) is 6.58. The highest BCUT2D eigenvalue weighted by Gasteiger charge is 2.70. The lowest BCUT2D eigenvalue weighted by Gasteiger charge is -2.60. The van der Waals surface area contributed by atoms with Crippen LogP contribution in [0.4, 0.5) is 0 Å². The minimum absolute atomic E-state index is 0.00762. The maximum Gasteiger partial charge on any atom is 0.0621 e. The molecule has 6 unspecified atom stereocenters. The smallest absolute Gasteiger partial charge is 0.0621 e. The molecular weight excluding hydrogens is 238 g/mol. The summed E-state index contributed by atoms with van der Waals surface area (Å²) in [6.07, 6.45) is 7.62. The molecule has 2 saturated carbocycles. The van der Waals surface area contributed by atoms with E-state index in [1.165, 1.54) is 38.8 Å². The number of piperidine rings is 1. The molecule has 3 heteroatoms. The molecule has 2 N–H and O–H groups in total. The van der Waals surface area contributed by atoms with E-state index >= 15 is 0 Å². The van der Waals surface area contributed by atoms with Crippen LogP contribution in [0.25, 0.3) is 0 Å². The van der Waals surface area contributed by atoms with Gasteiger partial charge in [0.05, 0.1) is 12.2 Å². The van der Waals surface area contributed by atoms with Crippen LogP contribution in [0.15, 0.2) is 0 Å². The summed E-state index contributed by atoms with van der Waals surface area (Å²) in [5.74, 6) is 0.602. The molecule has 0 bridgehead atoms. The zero-order valence-corrected chi connectivity index (χ0v) is 12.0. The molecule has 3 nitrogen and oxygen atoms in total. The lowest BCUT2D eigenvalue weighted by atomic mass is 9.52. The van der Waals surface area contributed by atoms with Crippen LogP contribution < -0.4 is 0 Å². The molecule has 19 heavy (non-hydrogen) atoms. The van der Waals surface area contributed by atoms with Crippen LogP contribution in [0.5, 0.6) is 0 Å². The third-order valence-electron chi connectivity index (χ3n) is 7.22. The molecule has 4 rings (SSSR count). The molecule has 0 aromatic carbocycles. The second kappa shape index (κ2) is 3.96. The predicted octanol–water partition coefficient (Wildman–Crippen LogP) is 1.77. The molecule has 4 fully saturated rings.